The molecule has 1 saturated carbocycles. The summed E-state index contributed by atoms with van der Waals surface area (Å²) in [5.74, 6) is 0.0518. The number of aryl methyl sites for hydroxylation is 1. The summed E-state index contributed by atoms with van der Waals surface area (Å²) in [6.45, 7) is 0.413. The van der Waals surface area contributed by atoms with Crippen LogP contribution in [0.4, 0.5) is 0 Å². The lowest BCUT2D eigenvalue weighted by Gasteiger charge is -2.22. The summed E-state index contributed by atoms with van der Waals surface area (Å²) in [6, 6.07) is 4.13. The fraction of sp³-hybridized carbons (Fsp3) is 0.643. The van der Waals surface area contributed by atoms with Crippen molar-refractivity contribution in [1.29, 1.82) is 0 Å². The Bertz CT molecular complexity index is 427. The van der Waals surface area contributed by atoms with Crippen LogP contribution < -0.4 is 5.32 Å². The lowest BCUT2D eigenvalue weighted by Crippen LogP contribution is -2.40. The molecule has 1 aliphatic rings. The third-order valence-corrected chi connectivity index (χ3v) is 5.29. The zero-order chi connectivity index (χ0) is 13.7. The van der Waals surface area contributed by atoms with E-state index < -0.39 is 5.60 Å². The molecule has 0 saturated heterocycles. The highest BCUT2D eigenvalue weighted by Gasteiger charge is 2.31. The Labute approximate surface area is 126 Å². The van der Waals surface area contributed by atoms with Gasteiger partial charge in [-0.2, -0.15) is 0 Å². The van der Waals surface area contributed by atoms with E-state index in [1.807, 2.05) is 6.07 Å². The van der Waals surface area contributed by atoms with E-state index in [-0.39, 0.29) is 5.91 Å². The minimum Gasteiger partial charge on any atom is -0.388 e. The minimum absolute atomic E-state index is 0.0518. The molecule has 2 N–H and O–H groups in total. The number of amides is 1. The van der Waals surface area contributed by atoms with Crippen molar-refractivity contribution in [3.8, 4) is 0 Å². The van der Waals surface area contributed by atoms with Crippen LogP contribution in [0.15, 0.2) is 15.9 Å². The van der Waals surface area contributed by atoms with E-state index in [1.165, 1.54) is 4.88 Å². The summed E-state index contributed by atoms with van der Waals surface area (Å²) < 4.78 is 1.13. The predicted molar refractivity (Wildman–Crippen MR) is 81.4 cm³/mol. The molecular weight excluding hydrogens is 326 g/mol. The number of aliphatic hydroxyl groups is 1. The Hall–Kier alpha value is -0.390. The first-order chi connectivity index (χ1) is 9.07. The first-order valence-corrected chi connectivity index (χ1v) is 8.42. The molecule has 1 aromatic heterocycles. The molecule has 0 aromatic carbocycles. The average molecular weight is 346 g/mol. The Morgan fingerprint density at radius 3 is 2.79 bits per heavy atom. The third-order valence-electron chi connectivity index (χ3n) is 3.60. The lowest BCUT2D eigenvalue weighted by molar-refractivity contribution is -0.122. The zero-order valence-corrected chi connectivity index (χ0v) is 13.4. The number of carbonyl (C=O) groups is 1. The van der Waals surface area contributed by atoms with Crippen molar-refractivity contribution >= 4 is 33.2 Å². The molecule has 0 spiro atoms. The smallest absolute Gasteiger partial charge is 0.220 e. The zero-order valence-electron chi connectivity index (χ0n) is 11.0. The van der Waals surface area contributed by atoms with Gasteiger partial charge in [0, 0.05) is 17.8 Å². The van der Waals surface area contributed by atoms with Gasteiger partial charge in [-0.05, 0) is 53.7 Å². The molecule has 1 fully saturated rings. The summed E-state index contributed by atoms with van der Waals surface area (Å²) in [7, 11) is 0. The van der Waals surface area contributed by atoms with Gasteiger partial charge >= 0.3 is 0 Å². The number of thiophene rings is 1. The van der Waals surface area contributed by atoms with Crippen LogP contribution >= 0.6 is 27.3 Å². The standard InChI is InChI=1S/C14H20BrNO2S/c15-12-7-6-11(19-12)4-3-5-13(17)16-10-14(18)8-1-2-9-14/h6-7,18H,1-5,8-10H2,(H,16,17). The quantitative estimate of drug-likeness (QED) is 0.831. The Morgan fingerprint density at radius 2 is 2.16 bits per heavy atom. The van der Waals surface area contributed by atoms with Gasteiger partial charge in [-0.3, -0.25) is 4.79 Å². The first kappa shape index (κ1) is 15.0. The van der Waals surface area contributed by atoms with Crippen molar-refractivity contribution in [2.24, 2.45) is 0 Å². The Morgan fingerprint density at radius 1 is 1.42 bits per heavy atom. The maximum Gasteiger partial charge on any atom is 0.220 e. The van der Waals surface area contributed by atoms with Gasteiger partial charge < -0.3 is 10.4 Å². The molecule has 1 heterocycles. The van der Waals surface area contributed by atoms with Crippen molar-refractivity contribution in [2.75, 3.05) is 6.54 Å². The Balaban J connectivity index is 1.62. The van der Waals surface area contributed by atoms with Gasteiger partial charge in [0.1, 0.15) is 0 Å². The number of halogens is 1. The number of hydrogen-bond acceptors (Lipinski definition) is 3. The van der Waals surface area contributed by atoms with Crippen LogP contribution in [0.25, 0.3) is 0 Å². The second-order valence-electron chi connectivity index (χ2n) is 5.27. The average Bonchev–Trinajstić information content (AvgIpc) is 2.97. The molecule has 1 amide bonds. The van der Waals surface area contributed by atoms with Crippen LogP contribution in [0.2, 0.25) is 0 Å². The number of nitrogens with one attached hydrogen (secondary N) is 1. The fourth-order valence-corrected chi connectivity index (χ4v) is 4.00. The van der Waals surface area contributed by atoms with Crippen LogP contribution in [0.5, 0.6) is 0 Å². The van der Waals surface area contributed by atoms with E-state index in [0.29, 0.717) is 13.0 Å². The summed E-state index contributed by atoms with van der Waals surface area (Å²) in [4.78, 5) is 13.0. The molecule has 0 atom stereocenters. The molecule has 106 valence electrons. The second-order valence-corrected chi connectivity index (χ2v) is 7.82. The lowest BCUT2D eigenvalue weighted by atomic mass is 10.0. The molecule has 0 bridgehead atoms. The van der Waals surface area contributed by atoms with Crippen LogP contribution in [0.3, 0.4) is 0 Å². The van der Waals surface area contributed by atoms with E-state index in [0.717, 1.165) is 42.3 Å². The minimum atomic E-state index is -0.645. The van der Waals surface area contributed by atoms with E-state index in [1.54, 1.807) is 11.3 Å². The van der Waals surface area contributed by atoms with E-state index in [9.17, 15) is 9.90 Å². The molecule has 1 aliphatic carbocycles. The summed E-state index contributed by atoms with van der Waals surface area (Å²) in [5, 5.41) is 13.0. The largest absolute Gasteiger partial charge is 0.388 e. The van der Waals surface area contributed by atoms with Crippen molar-refractivity contribution in [3.05, 3.63) is 20.8 Å². The van der Waals surface area contributed by atoms with Crippen LogP contribution in [-0.4, -0.2) is 23.2 Å². The Kier molecular flexibility index (Phi) is 5.42. The molecule has 0 radical (unpaired) electrons. The molecule has 0 aliphatic heterocycles. The number of hydrogen-bond donors (Lipinski definition) is 2. The number of carbonyl (C=O) groups excluding carboxylic acids is 1. The maximum atomic E-state index is 11.7. The SMILES string of the molecule is O=C(CCCc1ccc(Br)s1)NCC1(O)CCCC1. The molecule has 2 rings (SSSR count). The number of rotatable bonds is 6. The van der Waals surface area contributed by atoms with Gasteiger partial charge in [0.25, 0.3) is 0 Å². The molecule has 3 nitrogen and oxygen atoms in total. The van der Waals surface area contributed by atoms with E-state index in [4.69, 9.17) is 0 Å². The monoisotopic (exact) mass is 345 g/mol. The van der Waals surface area contributed by atoms with Crippen molar-refractivity contribution in [3.63, 3.8) is 0 Å². The molecule has 0 unspecified atom stereocenters. The molecule has 1 aromatic rings. The third kappa shape index (κ3) is 4.89. The second kappa shape index (κ2) is 6.86. The molecule has 5 heteroatoms. The summed E-state index contributed by atoms with van der Waals surface area (Å²) in [6.07, 6.45) is 6.10. The summed E-state index contributed by atoms with van der Waals surface area (Å²) >= 11 is 5.15. The van der Waals surface area contributed by atoms with Crippen LogP contribution in [-0.2, 0) is 11.2 Å². The van der Waals surface area contributed by atoms with Crippen molar-refractivity contribution < 1.29 is 9.90 Å². The molecular formula is C14H20BrNO2S. The first-order valence-electron chi connectivity index (χ1n) is 6.81. The molecule has 19 heavy (non-hydrogen) atoms. The van der Waals surface area contributed by atoms with E-state index >= 15 is 0 Å². The highest BCUT2D eigenvalue weighted by molar-refractivity contribution is 9.11. The van der Waals surface area contributed by atoms with Gasteiger partial charge in [-0.15, -0.1) is 11.3 Å². The highest BCUT2D eigenvalue weighted by Crippen LogP contribution is 2.28. The van der Waals surface area contributed by atoms with Gasteiger partial charge in [-0.1, -0.05) is 12.8 Å². The predicted octanol–water partition coefficient (Wildman–Crippen LogP) is 3.25. The van der Waals surface area contributed by atoms with Crippen molar-refractivity contribution in [2.45, 2.75) is 50.5 Å². The van der Waals surface area contributed by atoms with Gasteiger partial charge in [0.05, 0.1) is 9.39 Å². The topological polar surface area (TPSA) is 49.3 Å². The highest BCUT2D eigenvalue weighted by atomic mass is 79.9. The van der Waals surface area contributed by atoms with Gasteiger partial charge in [0.2, 0.25) is 5.91 Å². The van der Waals surface area contributed by atoms with Crippen molar-refractivity contribution in [1.82, 2.24) is 5.32 Å². The van der Waals surface area contributed by atoms with Crippen LogP contribution in [0.1, 0.15) is 43.4 Å². The van der Waals surface area contributed by atoms with Gasteiger partial charge in [-0.25, -0.2) is 0 Å². The maximum absolute atomic E-state index is 11.7. The summed E-state index contributed by atoms with van der Waals surface area (Å²) in [5.41, 5.74) is -0.645. The van der Waals surface area contributed by atoms with Crippen LogP contribution in [0, 0.1) is 0 Å². The van der Waals surface area contributed by atoms with Gasteiger partial charge in [0.15, 0.2) is 0 Å². The fourth-order valence-electron chi connectivity index (χ4n) is 2.47. The van der Waals surface area contributed by atoms with E-state index in [2.05, 4.69) is 27.3 Å². The normalized spacial score (nSPS) is 17.6.